The van der Waals surface area contributed by atoms with Gasteiger partial charge >= 0.3 is 6.18 Å². The zero-order chi connectivity index (χ0) is 14.0. The summed E-state index contributed by atoms with van der Waals surface area (Å²) in [6.07, 6.45) is -2.33. The summed E-state index contributed by atoms with van der Waals surface area (Å²) in [6, 6.07) is 4.91. The van der Waals surface area contributed by atoms with Crippen LogP contribution in [0.5, 0.6) is 0 Å². The van der Waals surface area contributed by atoms with E-state index in [0.29, 0.717) is 23.9 Å². The lowest BCUT2D eigenvalue weighted by atomic mass is 9.99. The van der Waals surface area contributed by atoms with Crippen LogP contribution in [0.2, 0.25) is 0 Å². The largest absolute Gasteiger partial charge is 0.416 e. The van der Waals surface area contributed by atoms with Crippen LogP contribution in [0.1, 0.15) is 23.6 Å². The number of hydrogen-bond donors (Lipinski definition) is 2. The van der Waals surface area contributed by atoms with E-state index in [1.54, 1.807) is 6.07 Å². The van der Waals surface area contributed by atoms with Crippen LogP contribution in [0, 0.1) is 0 Å². The molecule has 4 N–H and O–H groups in total. The van der Waals surface area contributed by atoms with Crippen LogP contribution >= 0.6 is 0 Å². The van der Waals surface area contributed by atoms with Gasteiger partial charge in [-0.1, -0.05) is 6.07 Å². The molecule has 0 saturated heterocycles. The molecule has 102 valence electrons. The highest BCUT2D eigenvalue weighted by Gasteiger charge is 2.30. The average Bonchev–Trinajstić information content (AvgIpc) is 2.36. The fraction of sp³-hybridized carbons (Fsp3) is 0.308. The molecule has 0 spiro atoms. The van der Waals surface area contributed by atoms with E-state index in [-0.39, 0.29) is 6.04 Å². The van der Waals surface area contributed by atoms with Crippen molar-refractivity contribution in [2.45, 2.75) is 18.6 Å². The van der Waals surface area contributed by atoms with Gasteiger partial charge in [0.25, 0.3) is 0 Å². The van der Waals surface area contributed by atoms with Crippen LogP contribution in [0.15, 0.2) is 30.5 Å². The Morgan fingerprint density at radius 3 is 2.58 bits per heavy atom. The Morgan fingerprint density at radius 2 is 1.95 bits per heavy atom. The van der Waals surface area contributed by atoms with Crippen molar-refractivity contribution in [3.63, 3.8) is 0 Å². The molecule has 0 amide bonds. The fourth-order valence-corrected chi connectivity index (χ4v) is 2.00. The van der Waals surface area contributed by atoms with Gasteiger partial charge < -0.3 is 11.5 Å². The van der Waals surface area contributed by atoms with Gasteiger partial charge in [0.15, 0.2) is 0 Å². The predicted molar refractivity (Wildman–Crippen MR) is 67.3 cm³/mol. The van der Waals surface area contributed by atoms with Gasteiger partial charge in [-0.2, -0.15) is 13.2 Å². The number of benzene rings is 1. The third-order valence-electron chi connectivity index (χ3n) is 2.98. The maximum Gasteiger partial charge on any atom is 0.416 e. The number of alkyl halides is 3. The Kier molecular flexibility index (Phi) is 3.73. The minimum absolute atomic E-state index is 0.291. The van der Waals surface area contributed by atoms with Crippen LogP contribution in [-0.4, -0.2) is 11.5 Å². The summed E-state index contributed by atoms with van der Waals surface area (Å²) < 4.78 is 37.9. The van der Waals surface area contributed by atoms with Gasteiger partial charge in [0.2, 0.25) is 0 Å². The summed E-state index contributed by atoms with van der Waals surface area (Å²) in [5, 5.41) is 0.636. The zero-order valence-electron chi connectivity index (χ0n) is 10.1. The molecule has 19 heavy (non-hydrogen) atoms. The third kappa shape index (κ3) is 2.85. The van der Waals surface area contributed by atoms with Crippen molar-refractivity contribution in [2.24, 2.45) is 11.5 Å². The van der Waals surface area contributed by atoms with Crippen LogP contribution in [0.25, 0.3) is 10.9 Å². The van der Waals surface area contributed by atoms with Gasteiger partial charge in [-0.15, -0.1) is 0 Å². The summed E-state index contributed by atoms with van der Waals surface area (Å²) in [7, 11) is 0. The molecule has 0 aliphatic carbocycles. The van der Waals surface area contributed by atoms with E-state index < -0.39 is 11.7 Å². The van der Waals surface area contributed by atoms with E-state index in [9.17, 15) is 13.2 Å². The highest BCUT2D eigenvalue weighted by Crippen LogP contribution is 2.32. The second-order valence-electron chi connectivity index (χ2n) is 4.31. The molecule has 6 heteroatoms. The average molecular weight is 269 g/mol. The molecule has 2 aromatic rings. The van der Waals surface area contributed by atoms with Crippen molar-refractivity contribution >= 4 is 10.9 Å². The third-order valence-corrected chi connectivity index (χ3v) is 2.98. The number of nitrogens with zero attached hydrogens (tertiary/aromatic N) is 1. The standard InChI is InChI=1S/C13H14F3N3/c14-13(15,16)8-1-2-10-9(11(18)3-5-17)4-6-19-12(10)7-8/h1-2,4,6-7,11H,3,5,17-18H2. The minimum Gasteiger partial charge on any atom is -0.330 e. The number of hydrogen-bond acceptors (Lipinski definition) is 3. The van der Waals surface area contributed by atoms with Gasteiger partial charge in [-0.05, 0) is 36.7 Å². The second-order valence-corrected chi connectivity index (χ2v) is 4.31. The lowest BCUT2D eigenvalue weighted by Gasteiger charge is -2.14. The van der Waals surface area contributed by atoms with E-state index >= 15 is 0 Å². The van der Waals surface area contributed by atoms with Gasteiger partial charge in [0.05, 0.1) is 11.1 Å². The lowest BCUT2D eigenvalue weighted by Crippen LogP contribution is -2.16. The smallest absolute Gasteiger partial charge is 0.330 e. The van der Waals surface area contributed by atoms with Crippen LogP contribution in [0.4, 0.5) is 13.2 Å². The number of aromatic nitrogens is 1. The zero-order valence-corrected chi connectivity index (χ0v) is 10.1. The van der Waals surface area contributed by atoms with Crippen molar-refractivity contribution in [1.82, 2.24) is 4.98 Å². The normalized spacial score (nSPS) is 13.7. The number of halogens is 3. The molecule has 0 radical (unpaired) electrons. The highest BCUT2D eigenvalue weighted by atomic mass is 19.4. The summed E-state index contributed by atoms with van der Waals surface area (Å²) in [4.78, 5) is 3.97. The molecule has 1 heterocycles. The van der Waals surface area contributed by atoms with Crippen LogP contribution < -0.4 is 11.5 Å². The monoisotopic (exact) mass is 269 g/mol. The molecule has 3 nitrogen and oxygen atoms in total. The molecule has 0 fully saturated rings. The van der Waals surface area contributed by atoms with Crippen LogP contribution in [0.3, 0.4) is 0 Å². The number of nitrogens with two attached hydrogens (primary N) is 2. The molecule has 0 aliphatic heterocycles. The molecule has 1 unspecified atom stereocenters. The van der Waals surface area contributed by atoms with Crippen LogP contribution in [-0.2, 0) is 6.18 Å². The first-order chi connectivity index (χ1) is 8.93. The van der Waals surface area contributed by atoms with Crippen molar-refractivity contribution in [1.29, 1.82) is 0 Å². The molecule has 1 aromatic carbocycles. The minimum atomic E-state index is -4.37. The molecule has 0 saturated carbocycles. The predicted octanol–water partition coefficient (Wildman–Crippen LogP) is 2.60. The van der Waals surface area contributed by atoms with E-state index in [1.165, 1.54) is 12.3 Å². The Bertz CT molecular complexity index is 581. The van der Waals surface area contributed by atoms with Crippen molar-refractivity contribution in [3.8, 4) is 0 Å². The molecule has 0 bridgehead atoms. The van der Waals surface area contributed by atoms with E-state index in [0.717, 1.165) is 17.7 Å². The second kappa shape index (κ2) is 5.14. The Balaban J connectivity index is 2.53. The fourth-order valence-electron chi connectivity index (χ4n) is 2.00. The Hall–Kier alpha value is -1.66. The summed E-state index contributed by atoms with van der Waals surface area (Å²) in [6.45, 7) is 0.422. The Labute approximate surface area is 108 Å². The highest BCUT2D eigenvalue weighted by molar-refractivity contribution is 5.83. The van der Waals surface area contributed by atoms with E-state index in [1.807, 2.05) is 0 Å². The van der Waals surface area contributed by atoms with Crippen molar-refractivity contribution < 1.29 is 13.2 Å². The SMILES string of the molecule is NCCC(N)c1ccnc2cc(C(F)(F)F)ccc12. The first kappa shape index (κ1) is 13.8. The van der Waals surface area contributed by atoms with Gasteiger partial charge in [-0.3, -0.25) is 4.98 Å². The molecule has 1 atom stereocenters. The number of rotatable bonds is 3. The number of fused-ring (bicyclic) bond motifs is 1. The van der Waals surface area contributed by atoms with E-state index in [4.69, 9.17) is 11.5 Å². The maximum atomic E-state index is 12.6. The van der Waals surface area contributed by atoms with Gasteiger partial charge in [0, 0.05) is 17.6 Å². The van der Waals surface area contributed by atoms with Gasteiger partial charge in [0.1, 0.15) is 0 Å². The maximum absolute atomic E-state index is 12.6. The molecular weight excluding hydrogens is 255 g/mol. The van der Waals surface area contributed by atoms with Crippen molar-refractivity contribution in [3.05, 3.63) is 41.6 Å². The van der Waals surface area contributed by atoms with Crippen molar-refractivity contribution in [2.75, 3.05) is 6.54 Å². The molecular formula is C13H14F3N3. The molecule has 2 rings (SSSR count). The first-order valence-electron chi connectivity index (χ1n) is 5.85. The molecule has 0 aliphatic rings. The Morgan fingerprint density at radius 1 is 1.21 bits per heavy atom. The summed E-state index contributed by atoms with van der Waals surface area (Å²) in [5.74, 6) is 0. The first-order valence-corrected chi connectivity index (χ1v) is 5.85. The van der Waals surface area contributed by atoms with E-state index in [2.05, 4.69) is 4.98 Å². The number of pyridine rings is 1. The summed E-state index contributed by atoms with van der Waals surface area (Å²) in [5.41, 5.74) is 11.8. The molecule has 1 aromatic heterocycles. The topological polar surface area (TPSA) is 64.9 Å². The van der Waals surface area contributed by atoms with Gasteiger partial charge in [-0.25, -0.2) is 0 Å². The quantitative estimate of drug-likeness (QED) is 0.900. The lowest BCUT2D eigenvalue weighted by molar-refractivity contribution is -0.137. The summed E-state index contributed by atoms with van der Waals surface area (Å²) >= 11 is 0.